The Labute approximate surface area is 116 Å². The van der Waals surface area contributed by atoms with E-state index in [0.717, 1.165) is 12.1 Å². The molecule has 1 aliphatic rings. The van der Waals surface area contributed by atoms with Crippen LogP contribution < -0.4 is 5.32 Å². The van der Waals surface area contributed by atoms with Crippen molar-refractivity contribution in [3.63, 3.8) is 0 Å². The second-order valence-corrected chi connectivity index (χ2v) is 5.28. The zero-order chi connectivity index (χ0) is 14.8. The summed E-state index contributed by atoms with van der Waals surface area (Å²) in [4.78, 5) is 13.3. The second-order valence-electron chi connectivity index (χ2n) is 5.28. The quantitative estimate of drug-likeness (QED) is 0.855. The number of carbonyl (C=O) groups is 1. The highest BCUT2D eigenvalue weighted by Crippen LogP contribution is 2.17. The topological polar surface area (TPSA) is 52.6 Å². The van der Waals surface area contributed by atoms with E-state index in [2.05, 4.69) is 5.32 Å². The Kier molecular flexibility index (Phi) is 4.35. The number of β-amino-alcohol motifs (C(OH)–C–C–N with tert-alkyl or cyclic N) is 1. The van der Waals surface area contributed by atoms with E-state index >= 15 is 0 Å². The van der Waals surface area contributed by atoms with Crippen LogP contribution in [0, 0.1) is 11.6 Å². The minimum Gasteiger partial charge on any atom is -0.387 e. The van der Waals surface area contributed by atoms with Crippen molar-refractivity contribution in [3.8, 4) is 0 Å². The van der Waals surface area contributed by atoms with E-state index in [-0.39, 0.29) is 18.5 Å². The zero-order valence-electron chi connectivity index (χ0n) is 11.3. The lowest BCUT2D eigenvalue weighted by Gasteiger charge is -2.28. The molecule has 1 amide bonds. The van der Waals surface area contributed by atoms with Gasteiger partial charge in [-0.3, -0.25) is 4.79 Å². The molecule has 6 heteroatoms. The molecule has 2 N–H and O–H groups in total. The van der Waals surface area contributed by atoms with E-state index < -0.39 is 23.1 Å². The Morgan fingerprint density at radius 2 is 2.10 bits per heavy atom. The molecule has 1 heterocycles. The predicted octanol–water partition coefficient (Wildman–Crippen LogP) is 0.690. The van der Waals surface area contributed by atoms with Crippen LogP contribution in [0.2, 0.25) is 0 Å². The van der Waals surface area contributed by atoms with Gasteiger partial charge >= 0.3 is 0 Å². The Bertz CT molecular complexity index is 482. The first-order valence-electron chi connectivity index (χ1n) is 6.51. The molecule has 1 saturated heterocycles. The third kappa shape index (κ3) is 3.32. The van der Waals surface area contributed by atoms with Gasteiger partial charge in [-0.2, -0.15) is 0 Å². The highest BCUT2D eigenvalue weighted by Gasteiger charge is 2.33. The van der Waals surface area contributed by atoms with Crippen molar-refractivity contribution in [2.75, 3.05) is 26.7 Å². The van der Waals surface area contributed by atoms with E-state index in [1.54, 1.807) is 0 Å². The first kappa shape index (κ1) is 14.9. The number of likely N-dealkylation sites (N-methyl/N-ethyl adjacent to an activating group) is 1. The van der Waals surface area contributed by atoms with Crippen molar-refractivity contribution in [1.29, 1.82) is 0 Å². The summed E-state index contributed by atoms with van der Waals surface area (Å²) in [5, 5.41) is 13.2. The van der Waals surface area contributed by atoms with Gasteiger partial charge in [-0.1, -0.05) is 6.07 Å². The lowest BCUT2D eigenvalue weighted by Crippen LogP contribution is -2.45. The molecule has 0 bridgehead atoms. The van der Waals surface area contributed by atoms with Crippen molar-refractivity contribution in [1.82, 2.24) is 10.2 Å². The van der Waals surface area contributed by atoms with Crippen LogP contribution in [0.1, 0.15) is 12.0 Å². The minimum atomic E-state index is -0.960. The average molecular weight is 284 g/mol. The summed E-state index contributed by atoms with van der Waals surface area (Å²) < 4.78 is 27.0. The van der Waals surface area contributed by atoms with Crippen LogP contribution in [0.4, 0.5) is 8.78 Å². The van der Waals surface area contributed by atoms with Gasteiger partial charge in [0.15, 0.2) is 0 Å². The number of hydrogen-bond acceptors (Lipinski definition) is 3. The maximum atomic E-state index is 13.5. The SMILES string of the molecule is CN(CC1(O)CCNC1)C(=O)Cc1c(F)cccc1F. The van der Waals surface area contributed by atoms with Crippen molar-refractivity contribution < 1.29 is 18.7 Å². The number of amides is 1. The Hall–Kier alpha value is -1.53. The van der Waals surface area contributed by atoms with Crippen molar-refractivity contribution in [3.05, 3.63) is 35.4 Å². The van der Waals surface area contributed by atoms with Crippen molar-refractivity contribution >= 4 is 5.91 Å². The Balaban J connectivity index is 2.01. The second kappa shape index (κ2) is 5.85. The molecular weight excluding hydrogens is 266 g/mol. The number of nitrogens with zero attached hydrogens (tertiary/aromatic N) is 1. The van der Waals surface area contributed by atoms with E-state index in [1.165, 1.54) is 18.0 Å². The molecule has 0 aliphatic carbocycles. The molecule has 0 radical (unpaired) electrons. The summed E-state index contributed by atoms with van der Waals surface area (Å²) in [7, 11) is 1.53. The monoisotopic (exact) mass is 284 g/mol. The number of benzene rings is 1. The number of halogens is 2. The summed E-state index contributed by atoms with van der Waals surface area (Å²) in [6.45, 7) is 1.26. The van der Waals surface area contributed by atoms with Crippen LogP contribution in [0.15, 0.2) is 18.2 Å². The number of nitrogens with one attached hydrogen (secondary N) is 1. The third-order valence-corrected chi connectivity index (χ3v) is 3.57. The lowest BCUT2D eigenvalue weighted by molar-refractivity contribution is -0.132. The zero-order valence-corrected chi connectivity index (χ0v) is 11.3. The van der Waals surface area contributed by atoms with Gasteiger partial charge in [0.2, 0.25) is 5.91 Å². The Morgan fingerprint density at radius 3 is 2.65 bits per heavy atom. The summed E-state index contributed by atoms with van der Waals surface area (Å²) >= 11 is 0. The van der Waals surface area contributed by atoms with Gasteiger partial charge in [-0.25, -0.2) is 8.78 Å². The van der Waals surface area contributed by atoms with Gasteiger partial charge in [0.25, 0.3) is 0 Å². The van der Waals surface area contributed by atoms with Crippen molar-refractivity contribution in [2.24, 2.45) is 0 Å². The van der Waals surface area contributed by atoms with Crippen LogP contribution in [0.3, 0.4) is 0 Å². The number of hydrogen-bond donors (Lipinski definition) is 2. The van der Waals surface area contributed by atoms with E-state index in [1.807, 2.05) is 0 Å². The molecule has 20 heavy (non-hydrogen) atoms. The molecule has 0 spiro atoms. The molecule has 1 atom stereocenters. The van der Waals surface area contributed by atoms with Gasteiger partial charge in [0.1, 0.15) is 11.6 Å². The molecule has 2 rings (SSSR count). The van der Waals surface area contributed by atoms with Crippen molar-refractivity contribution in [2.45, 2.75) is 18.4 Å². The Morgan fingerprint density at radius 1 is 1.45 bits per heavy atom. The van der Waals surface area contributed by atoms with Crippen LogP contribution in [-0.4, -0.2) is 48.2 Å². The summed E-state index contributed by atoms with van der Waals surface area (Å²) in [6.07, 6.45) is 0.206. The molecule has 1 fully saturated rings. The molecule has 1 aliphatic heterocycles. The fourth-order valence-corrected chi connectivity index (χ4v) is 2.38. The summed E-state index contributed by atoms with van der Waals surface area (Å²) in [5.74, 6) is -1.88. The number of rotatable bonds is 4. The van der Waals surface area contributed by atoms with Crippen LogP contribution in [0.25, 0.3) is 0 Å². The molecule has 0 saturated carbocycles. The number of aliphatic hydroxyl groups is 1. The fraction of sp³-hybridized carbons (Fsp3) is 0.500. The van der Waals surface area contributed by atoms with E-state index in [4.69, 9.17) is 0 Å². The van der Waals surface area contributed by atoms with Gasteiger partial charge in [0.05, 0.1) is 18.6 Å². The van der Waals surface area contributed by atoms with Crippen LogP contribution in [-0.2, 0) is 11.2 Å². The first-order chi connectivity index (χ1) is 9.41. The smallest absolute Gasteiger partial charge is 0.227 e. The standard InChI is InChI=1S/C14H18F2N2O2/c1-18(9-14(20)5-6-17-8-14)13(19)7-10-11(15)3-2-4-12(10)16/h2-4,17,20H,5-9H2,1H3. The first-order valence-corrected chi connectivity index (χ1v) is 6.51. The van der Waals surface area contributed by atoms with Gasteiger partial charge in [-0.05, 0) is 25.1 Å². The van der Waals surface area contributed by atoms with Gasteiger partial charge < -0.3 is 15.3 Å². The van der Waals surface area contributed by atoms with Gasteiger partial charge in [-0.15, -0.1) is 0 Å². The molecule has 1 aromatic carbocycles. The molecule has 4 nitrogen and oxygen atoms in total. The normalized spacial score (nSPS) is 22.0. The van der Waals surface area contributed by atoms with E-state index in [9.17, 15) is 18.7 Å². The van der Waals surface area contributed by atoms with Crippen LogP contribution in [0.5, 0.6) is 0 Å². The average Bonchev–Trinajstić information content (AvgIpc) is 2.80. The van der Waals surface area contributed by atoms with Gasteiger partial charge in [0, 0.05) is 19.2 Å². The van der Waals surface area contributed by atoms with Crippen LogP contribution >= 0.6 is 0 Å². The molecule has 110 valence electrons. The molecule has 1 aromatic rings. The molecular formula is C14H18F2N2O2. The lowest BCUT2D eigenvalue weighted by atomic mass is 10.0. The highest BCUT2D eigenvalue weighted by atomic mass is 19.1. The summed E-state index contributed by atoms with van der Waals surface area (Å²) in [5.41, 5.74) is -1.20. The highest BCUT2D eigenvalue weighted by molar-refractivity contribution is 5.78. The maximum absolute atomic E-state index is 13.5. The third-order valence-electron chi connectivity index (χ3n) is 3.57. The summed E-state index contributed by atoms with van der Waals surface area (Å²) in [6, 6.07) is 3.51. The number of carbonyl (C=O) groups excluding carboxylic acids is 1. The minimum absolute atomic E-state index is 0.148. The predicted molar refractivity (Wildman–Crippen MR) is 70.1 cm³/mol. The molecule has 1 unspecified atom stereocenters. The largest absolute Gasteiger partial charge is 0.387 e. The molecule has 0 aromatic heterocycles. The van der Waals surface area contributed by atoms with E-state index in [0.29, 0.717) is 19.5 Å². The fourth-order valence-electron chi connectivity index (χ4n) is 2.38. The maximum Gasteiger partial charge on any atom is 0.227 e.